The fraction of sp³-hybridized carbons (Fsp3) is 0.833. The number of rotatable bonds is 0. The van der Waals surface area contributed by atoms with Crippen LogP contribution in [0.5, 0.6) is 0 Å². The lowest BCUT2D eigenvalue weighted by atomic mass is 9.63. The smallest absolute Gasteiger partial charge is 0.00551 e. The van der Waals surface area contributed by atoms with Crippen LogP contribution < -0.4 is 0 Å². The SMILES string of the molecule is [C]1[C@@]23CCC[C@H]2[C@H]2CCC[C@@]12C1=C3[C@H]2CC[C@@H]1C2. The van der Waals surface area contributed by atoms with E-state index in [2.05, 4.69) is 6.42 Å². The highest BCUT2D eigenvalue weighted by atomic mass is 14.8. The molecular formula is C18H22. The minimum absolute atomic E-state index is 0.542. The first-order chi connectivity index (χ1) is 8.85. The van der Waals surface area contributed by atoms with Crippen molar-refractivity contribution in [3.8, 4) is 0 Å². The van der Waals surface area contributed by atoms with E-state index in [1.54, 1.807) is 6.42 Å². The Kier molecular flexibility index (Phi) is 1.40. The molecule has 4 fully saturated rings. The van der Waals surface area contributed by atoms with Gasteiger partial charge in [0.15, 0.2) is 0 Å². The summed E-state index contributed by atoms with van der Waals surface area (Å²) in [6.07, 6.45) is 18.0. The van der Waals surface area contributed by atoms with Crippen molar-refractivity contribution >= 4 is 0 Å². The first kappa shape index (κ1) is 9.61. The normalized spacial score (nSPS) is 62.7. The van der Waals surface area contributed by atoms with Gasteiger partial charge in [-0.15, -0.1) is 0 Å². The van der Waals surface area contributed by atoms with Gasteiger partial charge in [-0.05, 0) is 68.6 Å². The van der Waals surface area contributed by atoms with Gasteiger partial charge in [0, 0.05) is 17.3 Å². The fourth-order valence-corrected chi connectivity index (χ4v) is 7.82. The van der Waals surface area contributed by atoms with E-state index < -0.39 is 0 Å². The van der Waals surface area contributed by atoms with Crippen molar-refractivity contribution in [1.82, 2.24) is 0 Å². The van der Waals surface area contributed by atoms with Crippen molar-refractivity contribution in [3.05, 3.63) is 17.6 Å². The highest BCUT2D eigenvalue weighted by Crippen LogP contribution is 2.82. The predicted octanol–water partition coefficient (Wildman–Crippen LogP) is 4.39. The molecule has 0 heterocycles. The van der Waals surface area contributed by atoms with Crippen molar-refractivity contribution in [1.29, 1.82) is 0 Å². The first-order valence-corrected chi connectivity index (χ1v) is 8.39. The monoisotopic (exact) mass is 238 g/mol. The van der Waals surface area contributed by atoms with Crippen LogP contribution in [0.4, 0.5) is 0 Å². The fourth-order valence-electron chi connectivity index (χ4n) is 7.82. The summed E-state index contributed by atoms with van der Waals surface area (Å²) in [5.74, 6) is 4.11. The van der Waals surface area contributed by atoms with Gasteiger partial charge in [0.05, 0.1) is 0 Å². The molecular weight excluding hydrogens is 216 g/mol. The van der Waals surface area contributed by atoms with Crippen LogP contribution in [0, 0.1) is 40.9 Å². The molecule has 0 N–H and O–H groups in total. The molecule has 0 aromatic carbocycles. The molecule has 0 amide bonds. The van der Waals surface area contributed by atoms with Crippen molar-refractivity contribution in [2.75, 3.05) is 0 Å². The number of fused-ring (bicyclic) bond motifs is 5. The van der Waals surface area contributed by atoms with Gasteiger partial charge in [-0.25, -0.2) is 0 Å². The molecule has 0 nitrogen and oxygen atoms in total. The molecule has 0 aromatic rings. The summed E-state index contributed by atoms with van der Waals surface area (Å²) in [4.78, 5) is 0. The molecule has 0 heteroatoms. The van der Waals surface area contributed by atoms with E-state index >= 15 is 0 Å². The first-order valence-electron chi connectivity index (χ1n) is 8.39. The van der Waals surface area contributed by atoms with Crippen molar-refractivity contribution in [2.24, 2.45) is 34.5 Å². The molecule has 0 aliphatic heterocycles. The van der Waals surface area contributed by atoms with E-state index in [-0.39, 0.29) is 0 Å². The molecule has 6 atom stereocenters. The Bertz CT molecular complexity index is 444. The summed E-state index contributed by atoms with van der Waals surface area (Å²) < 4.78 is 0. The third-order valence-corrected chi connectivity index (χ3v) is 7.87. The second kappa shape index (κ2) is 2.63. The Morgan fingerprint density at radius 3 is 1.89 bits per heavy atom. The van der Waals surface area contributed by atoms with Crippen LogP contribution in [-0.4, -0.2) is 0 Å². The molecule has 2 radical (unpaired) electrons. The lowest BCUT2D eigenvalue weighted by Gasteiger charge is -2.41. The molecule has 94 valence electrons. The summed E-state index contributed by atoms with van der Waals surface area (Å²) in [5, 5.41) is 0. The molecule has 6 rings (SSSR count). The lowest BCUT2D eigenvalue weighted by molar-refractivity contribution is 0.206. The maximum absolute atomic E-state index is 4.31. The molecule has 4 bridgehead atoms. The molecule has 6 aliphatic carbocycles. The zero-order valence-electron chi connectivity index (χ0n) is 11.2. The summed E-state index contributed by atoms with van der Waals surface area (Å²) in [7, 11) is 0. The van der Waals surface area contributed by atoms with Gasteiger partial charge in [-0.1, -0.05) is 24.0 Å². The summed E-state index contributed by atoms with van der Waals surface area (Å²) in [5.41, 5.74) is 5.11. The van der Waals surface area contributed by atoms with Gasteiger partial charge in [0.2, 0.25) is 0 Å². The Hall–Kier alpha value is -0.260. The Balaban J connectivity index is 1.67. The van der Waals surface area contributed by atoms with E-state index in [0.717, 1.165) is 23.7 Å². The predicted molar refractivity (Wildman–Crippen MR) is 70.6 cm³/mol. The van der Waals surface area contributed by atoms with E-state index in [1.165, 1.54) is 51.4 Å². The van der Waals surface area contributed by atoms with E-state index in [9.17, 15) is 0 Å². The van der Waals surface area contributed by atoms with E-state index in [0.29, 0.717) is 10.8 Å². The van der Waals surface area contributed by atoms with Crippen molar-refractivity contribution in [2.45, 2.75) is 57.8 Å². The lowest BCUT2D eigenvalue weighted by Crippen LogP contribution is -2.33. The Labute approximate surface area is 110 Å². The molecule has 2 spiro atoms. The van der Waals surface area contributed by atoms with Crippen molar-refractivity contribution < 1.29 is 0 Å². The van der Waals surface area contributed by atoms with Crippen LogP contribution in [0.2, 0.25) is 0 Å². The second-order valence-corrected chi connectivity index (χ2v) is 8.10. The standard InChI is InChI=1S/C18H22/c1-3-13-14-4-2-8-18(14)10-17(13,7-1)15-11-5-6-12(9-11)16(15)18/h11-14H,1-9H2/t11-,12+,13-,14+,17-,18+. The van der Waals surface area contributed by atoms with Crippen LogP contribution in [0.25, 0.3) is 0 Å². The summed E-state index contributed by atoms with van der Waals surface area (Å²) in [6, 6.07) is 0. The summed E-state index contributed by atoms with van der Waals surface area (Å²) >= 11 is 0. The Morgan fingerprint density at radius 2 is 1.33 bits per heavy atom. The summed E-state index contributed by atoms with van der Waals surface area (Å²) in [6.45, 7) is 0. The molecule has 4 saturated carbocycles. The third-order valence-electron chi connectivity index (χ3n) is 7.87. The number of allylic oxidation sites excluding steroid dienone is 2. The van der Waals surface area contributed by atoms with Crippen LogP contribution in [-0.2, 0) is 0 Å². The second-order valence-electron chi connectivity index (χ2n) is 8.10. The minimum Gasteiger partial charge on any atom is -0.0599 e. The van der Waals surface area contributed by atoms with Crippen molar-refractivity contribution in [3.63, 3.8) is 0 Å². The van der Waals surface area contributed by atoms with Gasteiger partial charge >= 0.3 is 0 Å². The van der Waals surface area contributed by atoms with Gasteiger partial charge in [0.1, 0.15) is 0 Å². The quantitative estimate of drug-likeness (QED) is 0.549. The van der Waals surface area contributed by atoms with E-state index in [4.69, 9.17) is 0 Å². The van der Waals surface area contributed by atoms with Crippen LogP contribution in [0.3, 0.4) is 0 Å². The van der Waals surface area contributed by atoms with Gasteiger partial charge in [0.25, 0.3) is 0 Å². The average Bonchev–Trinajstić information content (AvgIpc) is 3.13. The topological polar surface area (TPSA) is 0 Å². The van der Waals surface area contributed by atoms with Crippen LogP contribution in [0.15, 0.2) is 11.1 Å². The zero-order chi connectivity index (χ0) is 11.5. The third kappa shape index (κ3) is 0.724. The molecule has 6 aliphatic rings. The highest BCUT2D eigenvalue weighted by Gasteiger charge is 2.74. The molecule has 0 unspecified atom stereocenters. The average molecular weight is 238 g/mol. The maximum Gasteiger partial charge on any atom is 0.00551 e. The molecule has 0 saturated heterocycles. The van der Waals surface area contributed by atoms with Gasteiger partial charge < -0.3 is 0 Å². The molecule has 18 heavy (non-hydrogen) atoms. The van der Waals surface area contributed by atoms with Crippen LogP contribution in [0.1, 0.15) is 57.8 Å². The number of hydrogen-bond donors (Lipinski definition) is 0. The van der Waals surface area contributed by atoms with Gasteiger partial charge in [-0.2, -0.15) is 0 Å². The minimum atomic E-state index is 0.542. The van der Waals surface area contributed by atoms with Gasteiger partial charge in [-0.3, -0.25) is 0 Å². The maximum atomic E-state index is 4.31. The Morgan fingerprint density at radius 1 is 0.778 bits per heavy atom. The number of hydrogen-bond acceptors (Lipinski definition) is 0. The van der Waals surface area contributed by atoms with E-state index in [1.807, 2.05) is 11.1 Å². The largest absolute Gasteiger partial charge is 0.0599 e. The molecule has 0 aromatic heterocycles. The van der Waals surface area contributed by atoms with Crippen LogP contribution >= 0.6 is 0 Å². The highest BCUT2D eigenvalue weighted by molar-refractivity contribution is 5.55. The zero-order valence-corrected chi connectivity index (χ0v) is 11.2.